The summed E-state index contributed by atoms with van der Waals surface area (Å²) in [4.78, 5) is 60.2. The zero-order valence-corrected chi connectivity index (χ0v) is 24.9. The Morgan fingerprint density at radius 2 is 2.00 bits per heavy atom. The topological polar surface area (TPSA) is 205 Å². The molecule has 1 fully saturated rings. The summed E-state index contributed by atoms with van der Waals surface area (Å²) in [6, 6.07) is 2.55. The van der Waals surface area contributed by atoms with Gasteiger partial charge in [-0.3, -0.25) is 14.5 Å². The number of aromatic nitrogens is 3. The summed E-state index contributed by atoms with van der Waals surface area (Å²) in [6.07, 6.45) is 2.94. The molecule has 2 aliphatic rings. The predicted molar refractivity (Wildman–Crippen MR) is 149 cm³/mol. The van der Waals surface area contributed by atoms with E-state index < -0.39 is 40.9 Å². The number of pyridine rings is 1. The van der Waals surface area contributed by atoms with Gasteiger partial charge in [-0.1, -0.05) is 5.16 Å². The number of aliphatic carboxylic acids is 1. The van der Waals surface area contributed by atoms with E-state index >= 15 is 0 Å². The highest BCUT2D eigenvalue weighted by molar-refractivity contribution is 8.00. The third kappa shape index (κ3) is 7.14. The molecular weight excluding hydrogens is 588 g/mol. The van der Waals surface area contributed by atoms with Gasteiger partial charge >= 0.3 is 6.09 Å². The molecule has 4 rings (SSSR count). The van der Waals surface area contributed by atoms with E-state index in [-0.39, 0.29) is 47.8 Å². The van der Waals surface area contributed by atoms with E-state index in [1.165, 1.54) is 11.8 Å². The van der Waals surface area contributed by atoms with E-state index in [9.17, 15) is 24.3 Å². The molecule has 17 heteroatoms. The van der Waals surface area contributed by atoms with Crippen LogP contribution in [0.15, 0.2) is 41.0 Å². The lowest BCUT2D eigenvalue weighted by Gasteiger charge is -2.50. The van der Waals surface area contributed by atoms with Gasteiger partial charge in [-0.05, 0) is 33.3 Å². The quantitative estimate of drug-likeness (QED) is 0.131. The molecule has 1 unspecified atom stereocenters. The van der Waals surface area contributed by atoms with E-state index in [4.69, 9.17) is 15.3 Å². The van der Waals surface area contributed by atoms with Gasteiger partial charge in [-0.2, -0.15) is 9.36 Å². The summed E-state index contributed by atoms with van der Waals surface area (Å²) >= 11 is 2.18. The van der Waals surface area contributed by atoms with Gasteiger partial charge in [-0.25, -0.2) is 9.36 Å². The molecule has 3 amide bonds. The monoisotopic (exact) mass is 618 g/mol. The van der Waals surface area contributed by atoms with Crippen molar-refractivity contribution in [2.75, 3.05) is 18.1 Å². The van der Waals surface area contributed by atoms with Gasteiger partial charge in [0.1, 0.15) is 23.6 Å². The highest BCUT2D eigenvalue weighted by Crippen LogP contribution is 2.40. The van der Waals surface area contributed by atoms with Gasteiger partial charge in [0.2, 0.25) is 11.5 Å². The number of β-lactam (4-membered cyclic amide) rings is 1. The zero-order chi connectivity index (χ0) is 30.6. The molecule has 0 radical (unpaired) electrons. The number of carboxylic acid groups (broad SMARTS) is 1. The predicted octanol–water partition coefficient (Wildman–Crippen LogP) is -0.723. The maximum absolute atomic E-state index is 13.1. The number of oxime groups is 1. The SMILES string of the molecule is CCO/N=C(\C(=O)NC1C(=O)N2C(C(=O)[O-])=C(C[n+]3ccc(CNC(=O)OC(C)(C)C)cc3)CS[C@H]12)c1nsc(N)n1. The van der Waals surface area contributed by atoms with Crippen LogP contribution in [0.25, 0.3) is 0 Å². The molecule has 0 spiro atoms. The van der Waals surface area contributed by atoms with Crippen LogP contribution in [0.3, 0.4) is 0 Å². The zero-order valence-electron chi connectivity index (χ0n) is 23.3. The molecule has 2 aliphatic heterocycles. The molecule has 15 nitrogen and oxygen atoms in total. The largest absolute Gasteiger partial charge is 0.543 e. The van der Waals surface area contributed by atoms with Crippen molar-refractivity contribution in [1.82, 2.24) is 24.9 Å². The number of carbonyl (C=O) groups excluding carboxylic acids is 4. The van der Waals surface area contributed by atoms with Crippen LogP contribution < -0.4 is 26.0 Å². The Kier molecular flexibility index (Phi) is 9.30. The standard InChI is InChI=1S/C25H30N8O7S2/c1-5-39-30-15(18-29-23(26)42-31-18)19(34)28-16-20(35)33-17(22(36)37)14(12-41-21(16)33)11-32-8-6-13(7-9-32)10-27-24(38)40-25(2,3)4/h6-9,16,21H,5,10-12H2,1-4H3,(H4-,26,27,28,29,31,34,36,37,38)/b30-15-/t16?,21-/m1/s1. The second kappa shape index (κ2) is 12.7. The van der Waals surface area contributed by atoms with Gasteiger partial charge in [0, 0.05) is 41.5 Å². The van der Waals surface area contributed by atoms with Gasteiger partial charge in [0.15, 0.2) is 24.1 Å². The van der Waals surface area contributed by atoms with Crippen LogP contribution in [0.1, 0.15) is 39.1 Å². The number of nitrogen functional groups attached to an aromatic ring is 1. The van der Waals surface area contributed by atoms with E-state index in [0.717, 1.165) is 22.0 Å². The Bertz CT molecular complexity index is 1430. The summed E-state index contributed by atoms with van der Waals surface area (Å²) < 4.78 is 11.0. The van der Waals surface area contributed by atoms with Gasteiger partial charge in [-0.15, -0.1) is 11.8 Å². The number of hydrogen-bond acceptors (Lipinski definition) is 13. The fourth-order valence-electron chi connectivity index (χ4n) is 4.07. The summed E-state index contributed by atoms with van der Waals surface area (Å²) in [6.45, 7) is 7.61. The number of ether oxygens (including phenoxy) is 1. The van der Waals surface area contributed by atoms with Crippen LogP contribution in [0.2, 0.25) is 0 Å². The number of nitrogens with zero attached hydrogens (tertiary/aromatic N) is 5. The van der Waals surface area contributed by atoms with E-state index in [1.807, 2.05) is 0 Å². The van der Waals surface area contributed by atoms with E-state index in [0.29, 0.717) is 5.57 Å². The fraction of sp³-hybridized carbons (Fsp3) is 0.440. The second-order valence-electron chi connectivity index (χ2n) is 10.1. The Balaban J connectivity index is 1.42. The molecule has 4 N–H and O–H groups in total. The number of fused-ring (bicyclic) bond motifs is 1. The first-order chi connectivity index (χ1) is 19.9. The van der Waals surface area contributed by atoms with Crippen LogP contribution in [-0.4, -0.2) is 73.2 Å². The molecule has 224 valence electrons. The average Bonchev–Trinajstić information content (AvgIpc) is 3.35. The van der Waals surface area contributed by atoms with E-state index in [1.54, 1.807) is 56.8 Å². The highest BCUT2D eigenvalue weighted by atomic mass is 32.2. The molecule has 0 aromatic carbocycles. The number of carbonyl (C=O) groups is 4. The number of nitrogens with one attached hydrogen (secondary N) is 2. The molecule has 42 heavy (non-hydrogen) atoms. The van der Waals surface area contributed by atoms with Crippen LogP contribution in [0.5, 0.6) is 0 Å². The maximum atomic E-state index is 13.1. The molecule has 1 saturated heterocycles. The number of nitrogens with two attached hydrogens (primary N) is 1. The molecular formula is C25H30N8O7S2. The molecule has 4 heterocycles. The number of rotatable bonds is 10. The lowest BCUT2D eigenvalue weighted by molar-refractivity contribution is -0.689. The number of amides is 3. The van der Waals surface area contributed by atoms with Crippen LogP contribution in [0, 0.1) is 0 Å². The van der Waals surface area contributed by atoms with Crippen molar-refractivity contribution in [2.24, 2.45) is 5.16 Å². The summed E-state index contributed by atoms with van der Waals surface area (Å²) in [7, 11) is 0. The number of thioether (sulfide) groups is 1. The minimum absolute atomic E-state index is 0.0513. The first-order valence-corrected chi connectivity index (χ1v) is 14.6. The van der Waals surface area contributed by atoms with Crippen molar-refractivity contribution < 1.29 is 38.4 Å². The van der Waals surface area contributed by atoms with Gasteiger partial charge < -0.3 is 35.8 Å². The smallest absolute Gasteiger partial charge is 0.407 e. The summed E-state index contributed by atoms with van der Waals surface area (Å²) in [5, 5.41) is 20.6. The van der Waals surface area contributed by atoms with Crippen molar-refractivity contribution in [2.45, 2.75) is 57.8 Å². The minimum Gasteiger partial charge on any atom is -0.543 e. The first-order valence-electron chi connectivity index (χ1n) is 12.8. The van der Waals surface area contributed by atoms with Crippen molar-refractivity contribution in [3.8, 4) is 0 Å². The van der Waals surface area contributed by atoms with Crippen LogP contribution in [0.4, 0.5) is 9.93 Å². The molecule has 2 aromatic rings. The summed E-state index contributed by atoms with van der Waals surface area (Å²) in [5.74, 6) is -2.63. The third-order valence-corrected chi connectivity index (χ3v) is 7.73. The number of anilines is 1. The Labute approximate surface area is 249 Å². The Morgan fingerprint density at radius 1 is 1.29 bits per heavy atom. The number of alkyl carbamates (subject to hydrolysis) is 1. The van der Waals surface area contributed by atoms with Crippen LogP contribution >= 0.6 is 23.3 Å². The average molecular weight is 619 g/mol. The highest BCUT2D eigenvalue weighted by Gasteiger charge is 2.53. The van der Waals surface area contributed by atoms with E-state index in [2.05, 4.69) is 25.1 Å². The van der Waals surface area contributed by atoms with Crippen molar-refractivity contribution in [1.29, 1.82) is 0 Å². The fourth-order valence-corrected chi connectivity index (χ4v) is 5.84. The third-order valence-electron chi connectivity index (χ3n) is 5.85. The number of hydrogen-bond donors (Lipinski definition) is 3. The van der Waals surface area contributed by atoms with Crippen molar-refractivity contribution in [3.63, 3.8) is 0 Å². The minimum atomic E-state index is -1.49. The maximum Gasteiger partial charge on any atom is 0.407 e. The molecule has 0 bridgehead atoms. The summed E-state index contributed by atoms with van der Waals surface area (Å²) in [5.41, 5.74) is 5.81. The molecule has 2 aromatic heterocycles. The van der Waals surface area contributed by atoms with Gasteiger partial charge in [0.05, 0.1) is 11.7 Å². The lowest BCUT2D eigenvalue weighted by atomic mass is 10.0. The number of carboxylic acids is 1. The molecule has 0 saturated carbocycles. The lowest BCUT2D eigenvalue weighted by Crippen LogP contribution is -2.71. The molecule has 0 aliphatic carbocycles. The molecule has 2 atom stereocenters. The van der Waals surface area contributed by atoms with Crippen molar-refractivity contribution in [3.05, 3.63) is 47.2 Å². The second-order valence-corrected chi connectivity index (χ2v) is 12.0. The normalized spacial score (nSPS) is 18.6. The Hall–Kier alpha value is -4.25. The first kappa shape index (κ1) is 30.7. The van der Waals surface area contributed by atoms with Crippen LogP contribution in [-0.2, 0) is 37.0 Å². The Morgan fingerprint density at radius 3 is 2.60 bits per heavy atom. The van der Waals surface area contributed by atoms with Gasteiger partial charge in [0.25, 0.3) is 11.8 Å². The van der Waals surface area contributed by atoms with Crippen molar-refractivity contribution >= 4 is 58.0 Å².